The van der Waals surface area contributed by atoms with E-state index in [1.807, 2.05) is 0 Å². The minimum Gasteiger partial charge on any atom is -0.377 e. The number of hydrogen-bond acceptors (Lipinski definition) is 3. The van der Waals surface area contributed by atoms with E-state index in [0.29, 0.717) is 0 Å². The molecule has 4 atom stereocenters. The molecule has 2 saturated heterocycles. The number of rotatable bonds is 2. The Bertz CT molecular complexity index is 443. The number of likely N-dealkylation sites (tertiary alicyclic amines) is 1. The molecule has 0 aromatic carbocycles. The Labute approximate surface area is 146 Å². The van der Waals surface area contributed by atoms with Gasteiger partial charge in [-0.05, 0) is 38.0 Å². The fourth-order valence-electron chi connectivity index (χ4n) is 5.05. The summed E-state index contributed by atoms with van der Waals surface area (Å²) in [4.78, 5) is 15.3. The molecular weight excluding hydrogens is 312 g/mol. The smallest absolute Gasteiger partial charge is 0.243 e. The highest BCUT2D eigenvalue weighted by Crippen LogP contribution is 2.58. The van der Waals surface area contributed by atoms with Crippen LogP contribution in [-0.2, 0) is 9.53 Å². The van der Waals surface area contributed by atoms with Crippen molar-refractivity contribution in [2.75, 3.05) is 19.7 Å². The maximum absolute atomic E-state index is 13.3. The van der Waals surface area contributed by atoms with Gasteiger partial charge in [-0.2, -0.15) is 0 Å². The molecule has 23 heavy (non-hydrogen) atoms. The summed E-state index contributed by atoms with van der Waals surface area (Å²) in [5, 5.41) is 0. The molecule has 3 rings (SSSR count). The molecule has 1 amide bonds. The minimum absolute atomic E-state index is 0. The molecule has 2 heterocycles. The summed E-state index contributed by atoms with van der Waals surface area (Å²) in [6.07, 6.45) is 6.93. The SMILES string of the molecule is CCC1CCCN(C(=O)C2(N)C3CCCOC3C2(C)C)CC1.Cl. The number of nitrogens with two attached hydrogens (primary N) is 1. The van der Waals surface area contributed by atoms with Crippen molar-refractivity contribution in [1.29, 1.82) is 0 Å². The standard InChI is InChI=1S/C18H32N2O2.ClH/c1-4-13-7-5-10-20(11-9-13)16(21)18(19)14-8-6-12-22-15(14)17(18,2)3;/h13-15H,4-12,19H2,1-3H3;1H. The molecule has 0 radical (unpaired) electrons. The molecule has 1 aliphatic carbocycles. The molecule has 5 heteroatoms. The lowest BCUT2D eigenvalue weighted by Gasteiger charge is -2.65. The molecule has 0 bridgehead atoms. The summed E-state index contributed by atoms with van der Waals surface area (Å²) in [5.74, 6) is 1.15. The first-order chi connectivity index (χ1) is 10.4. The lowest BCUT2D eigenvalue weighted by atomic mass is 9.46. The molecule has 4 unspecified atom stereocenters. The van der Waals surface area contributed by atoms with Gasteiger partial charge in [-0.1, -0.05) is 27.2 Å². The molecule has 4 nitrogen and oxygen atoms in total. The van der Waals surface area contributed by atoms with E-state index in [1.165, 1.54) is 12.8 Å². The molecule has 0 aromatic rings. The highest BCUT2D eigenvalue weighted by Gasteiger charge is 2.70. The van der Waals surface area contributed by atoms with Gasteiger partial charge in [0.25, 0.3) is 0 Å². The van der Waals surface area contributed by atoms with Crippen LogP contribution in [0, 0.1) is 17.3 Å². The first-order valence-electron chi connectivity index (χ1n) is 9.12. The van der Waals surface area contributed by atoms with E-state index in [0.717, 1.165) is 51.3 Å². The van der Waals surface area contributed by atoms with Crippen LogP contribution in [0.5, 0.6) is 0 Å². The predicted molar refractivity (Wildman–Crippen MR) is 94.6 cm³/mol. The quantitative estimate of drug-likeness (QED) is 0.837. The van der Waals surface area contributed by atoms with Gasteiger partial charge in [0.15, 0.2) is 0 Å². The van der Waals surface area contributed by atoms with Gasteiger partial charge in [0, 0.05) is 31.0 Å². The Hall–Kier alpha value is -0.320. The zero-order chi connectivity index (χ0) is 16.0. The number of nitrogens with zero attached hydrogens (tertiary/aromatic N) is 1. The second-order valence-corrected chi connectivity index (χ2v) is 8.13. The third-order valence-electron chi connectivity index (χ3n) is 6.75. The Kier molecular flexibility index (Phi) is 5.70. The van der Waals surface area contributed by atoms with Crippen LogP contribution in [0.1, 0.15) is 59.3 Å². The largest absolute Gasteiger partial charge is 0.377 e. The fraction of sp³-hybridized carbons (Fsp3) is 0.944. The van der Waals surface area contributed by atoms with Crippen LogP contribution in [0.25, 0.3) is 0 Å². The van der Waals surface area contributed by atoms with E-state index in [9.17, 15) is 4.79 Å². The van der Waals surface area contributed by atoms with Gasteiger partial charge >= 0.3 is 0 Å². The van der Waals surface area contributed by atoms with Gasteiger partial charge < -0.3 is 15.4 Å². The first kappa shape index (κ1) is 19.0. The summed E-state index contributed by atoms with van der Waals surface area (Å²) < 4.78 is 5.93. The average Bonchev–Trinajstić information content (AvgIpc) is 2.78. The Balaban J connectivity index is 0.00000192. The van der Waals surface area contributed by atoms with Crippen LogP contribution in [0.15, 0.2) is 0 Å². The molecule has 134 valence electrons. The zero-order valence-electron chi connectivity index (χ0n) is 14.8. The van der Waals surface area contributed by atoms with Gasteiger partial charge in [0.05, 0.1) is 6.10 Å². The van der Waals surface area contributed by atoms with E-state index in [1.54, 1.807) is 0 Å². The van der Waals surface area contributed by atoms with Gasteiger partial charge in [-0.25, -0.2) is 0 Å². The molecule has 3 aliphatic rings. The molecule has 1 saturated carbocycles. The van der Waals surface area contributed by atoms with Crippen molar-refractivity contribution in [3.63, 3.8) is 0 Å². The van der Waals surface area contributed by atoms with Crippen molar-refractivity contribution in [3.05, 3.63) is 0 Å². The summed E-state index contributed by atoms with van der Waals surface area (Å²) >= 11 is 0. The number of fused-ring (bicyclic) bond motifs is 1. The highest BCUT2D eigenvalue weighted by molar-refractivity contribution is 5.89. The number of halogens is 1. The predicted octanol–water partition coefficient (Wildman–Crippen LogP) is 2.98. The van der Waals surface area contributed by atoms with Crippen LogP contribution in [0.2, 0.25) is 0 Å². The summed E-state index contributed by atoms with van der Waals surface area (Å²) in [7, 11) is 0. The number of amides is 1. The maximum Gasteiger partial charge on any atom is 0.243 e. The molecule has 3 fully saturated rings. The Morgan fingerprint density at radius 2 is 1.96 bits per heavy atom. The minimum atomic E-state index is -0.732. The topological polar surface area (TPSA) is 55.6 Å². The monoisotopic (exact) mass is 344 g/mol. The summed E-state index contributed by atoms with van der Waals surface area (Å²) in [6, 6.07) is 0. The van der Waals surface area contributed by atoms with E-state index < -0.39 is 5.54 Å². The number of hydrogen-bond donors (Lipinski definition) is 1. The summed E-state index contributed by atoms with van der Waals surface area (Å²) in [5.41, 5.74) is 5.77. The Morgan fingerprint density at radius 3 is 2.65 bits per heavy atom. The summed E-state index contributed by atoms with van der Waals surface area (Å²) in [6.45, 7) is 9.06. The number of carbonyl (C=O) groups is 1. The van der Waals surface area contributed by atoms with E-state index in [2.05, 4.69) is 25.7 Å². The molecule has 2 N–H and O–H groups in total. The van der Waals surface area contributed by atoms with E-state index in [4.69, 9.17) is 10.5 Å². The number of ether oxygens (including phenoxy) is 1. The van der Waals surface area contributed by atoms with Crippen molar-refractivity contribution in [1.82, 2.24) is 4.90 Å². The lowest BCUT2D eigenvalue weighted by Crippen LogP contribution is -2.82. The van der Waals surface area contributed by atoms with Crippen molar-refractivity contribution >= 4 is 18.3 Å². The number of carbonyl (C=O) groups excluding carboxylic acids is 1. The maximum atomic E-state index is 13.3. The third-order valence-corrected chi connectivity index (χ3v) is 6.75. The van der Waals surface area contributed by atoms with Crippen LogP contribution < -0.4 is 5.73 Å². The average molecular weight is 345 g/mol. The third kappa shape index (κ3) is 2.81. The lowest BCUT2D eigenvalue weighted by molar-refractivity contribution is -0.230. The Morgan fingerprint density at radius 1 is 1.22 bits per heavy atom. The van der Waals surface area contributed by atoms with Gasteiger partial charge in [0.1, 0.15) is 5.54 Å². The fourth-order valence-corrected chi connectivity index (χ4v) is 5.05. The van der Waals surface area contributed by atoms with Crippen molar-refractivity contribution in [3.8, 4) is 0 Å². The molecule has 0 aromatic heterocycles. The molecular formula is C18H33ClN2O2. The van der Waals surface area contributed by atoms with Gasteiger partial charge in [-0.3, -0.25) is 4.79 Å². The van der Waals surface area contributed by atoms with E-state index >= 15 is 0 Å². The molecule has 0 spiro atoms. The highest BCUT2D eigenvalue weighted by atomic mass is 35.5. The van der Waals surface area contributed by atoms with E-state index in [-0.39, 0.29) is 35.8 Å². The zero-order valence-corrected chi connectivity index (χ0v) is 15.7. The normalized spacial score (nSPS) is 39.5. The van der Waals surface area contributed by atoms with Crippen molar-refractivity contribution in [2.24, 2.45) is 23.0 Å². The van der Waals surface area contributed by atoms with Gasteiger partial charge in [-0.15, -0.1) is 12.4 Å². The van der Waals surface area contributed by atoms with Crippen LogP contribution >= 0.6 is 12.4 Å². The second kappa shape index (κ2) is 6.89. The second-order valence-electron chi connectivity index (χ2n) is 8.13. The van der Waals surface area contributed by atoms with Crippen molar-refractivity contribution < 1.29 is 9.53 Å². The van der Waals surface area contributed by atoms with Crippen LogP contribution in [0.4, 0.5) is 0 Å². The van der Waals surface area contributed by atoms with Crippen LogP contribution in [-0.4, -0.2) is 42.1 Å². The van der Waals surface area contributed by atoms with Crippen LogP contribution in [0.3, 0.4) is 0 Å². The van der Waals surface area contributed by atoms with Crippen molar-refractivity contribution in [2.45, 2.75) is 70.9 Å². The van der Waals surface area contributed by atoms with Gasteiger partial charge in [0.2, 0.25) is 5.91 Å². The molecule has 2 aliphatic heterocycles. The first-order valence-corrected chi connectivity index (χ1v) is 9.12.